The number of benzene rings is 3. The molecule has 2 aliphatic carbocycles. The number of hydrogen-bond donors (Lipinski definition) is 2. The van der Waals surface area contributed by atoms with Crippen LogP contribution in [-0.2, 0) is 4.79 Å². The summed E-state index contributed by atoms with van der Waals surface area (Å²) in [6, 6.07) is 33.7. The molecule has 0 aromatic heterocycles. The molecule has 3 aromatic carbocycles. The first-order chi connectivity index (χ1) is 20.1. The Morgan fingerprint density at radius 2 is 1.07 bits per heavy atom. The van der Waals surface area contributed by atoms with Gasteiger partial charge in [-0.2, -0.15) is 0 Å². The van der Waals surface area contributed by atoms with E-state index in [-0.39, 0.29) is 18.4 Å². The summed E-state index contributed by atoms with van der Waals surface area (Å²) in [5.74, 6) is 1.64. The first-order valence-electron chi connectivity index (χ1n) is 16.2. The van der Waals surface area contributed by atoms with E-state index in [2.05, 4.69) is 96.3 Å². The third-order valence-electron chi connectivity index (χ3n) is 9.76. The number of nitrogens with one attached hydrogen (secondary N) is 1. The molecule has 2 atom stereocenters. The van der Waals surface area contributed by atoms with Crippen molar-refractivity contribution in [2.45, 2.75) is 83.1 Å². The Labute approximate surface area is 260 Å². The Bertz CT molecular complexity index is 1080. The number of carboxylic acid groups (broad SMARTS) is 1. The molecule has 42 heavy (non-hydrogen) atoms. The average Bonchev–Trinajstić information content (AvgIpc) is 3.51. The van der Waals surface area contributed by atoms with E-state index in [1.165, 1.54) is 92.7 Å². The van der Waals surface area contributed by atoms with E-state index >= 15 is 0 Å². The predicted octanol–water partition coefficient (Wildman–Crippen LogP) is 4.58. The van der Waals surface area contributed by atoms with Crippen LogP contribution < -0.4 is 33.6 Å². The number of carboxylic acids is 1. The fraction of sp³-hybridized carbons (Fsp3) is 0.486. The van der Waals surface area contributed by atoms with Crippen LogP contribution in [0.2, 0.25) is 0 Å². The summed E-state index contributed by atoms with van der Waals surface area (Å²) in [5, 5.41) is 16.6. The van der Waals surface area contributed by atoms with E-state index in [0.717, 1.165) is 24.8 Å². The molecule has 6 rings (SSSR count). The molecule has 0 radical (unpaired) electrons. The molecule has 1 heterocycles. The van der Waals surface area contributed by atoms with Crippen molar-refractivity contribution in [3.05, 3.63) is 91.0 Å². The minimum atomic E-state index is -1.62. The summed E-state index contributed by atoms with van der Waals surface area (Å²) in [6.45, 7) is 0.910. The smallest absolute Gasteiger partial charge is 0.320 e. The van der Waals surface area contributed by atoms with Crippen LogP contribution in [0.4, 0.5) is 0 Å². The van der Waals surface area contributed by atoms with Gasteiger partial charge in [0.2, 0.25) is 0 Å². The molecule has 0 spiro atoms. The molecule has 5 heteroatoms. The quantitative estimate of drug-likeness (QED) is 0.370. The van der Waals surface area contributed by atoms with Crippen molar-refractivity contribution in [2.24, 2.45) is 17.8 Å². The largest absolute Gasteiger partial charge is 1.00 e. The lowest BCUT2D eigenvalue weighted by atomic mass is 9.82. The van der Waals surface area contributed by atoms with Gasteiger partial charge in [-0.1, -0.05) is 106 Å². The topological polar surface area (TPSA) is 49.3 Å². The summed E-state index contributed by atoms with van der Waals surface area (Å²) in [6.07, 6.45) is 17.3. The molecule has 2 N–H and O–H groups in total. The number of carbonyl (C=O) groups is 1. The van der Waals surface area contributed by atoms with E-state index in [1.54, 1.807) is 0 Å². The maximum Gasteiger partial charge on any atom is 0.320 e. The van der Waals surface area contributed by atoms with Gasteiger partial charge in [0.15, 0.2) is 0 Å². The number of halogens is 1. The van der Waals surface area contributed by atoms with Gasteiger partial charge in [0.1, 0.15) is 29.2 Å². The molecule has 1 aliphatic heterocycles. The van der Waals surface area contributed by atoms with E-state index < -0.39 is 13.2 Å². The lowest BCUT2D eigenvalue weighted by Gasteiger charge is -2.32. The van der Waals surface area contributed by atoms with Crippen LogP contribution in [0.3, 0.4) is 0 Å². The molecular formula is C37H49ClNO2P. The van der Waals surface area contributed by atoms with E-state index in [1.807, 2.05) is 0 Å². The minimum absolute atomic E-state index is 0. The fourth-order valence-electron chi connectivity index (χ4n) is 7.64. The van der Waals surface area contributed by atoms with Gasteiger partial charge in [0.05, 0.1) is 6.16 Å². The van der Waals surface area contributed by atoms with Crippen LogP contribution in [0, 0.1) is 17.8 Å². The number of rotatable bonds is 8. The summed E-state index contributed by atoms with van der Waals surface area (Å²) < 4.78 is 0. The minimum Gasteiger partial charge on any atom is -1.00 e. The molecule has 3 aliphatic rings. The van der Waals surface area contributed by atoms with Crippen LogP contribution in [-0.4, -0.2) is 29.8 Å². The van der Waals surface area contributed by atoms with Crippen molar-refractivity contribution in [1.29, 1.82) is 0 Å². The van der Waals surface area contributed by atoms with Crippen molar-refractivity contribution in [3.63, 3.8) is 0 Å². The zero-order chi connectivity index (χ0) is 28.3. The lowest BCUT2D eigenvalue weighted by molar-refractivity contribution is -0.139. The van der Waals surface area contributed by atoms with Gasteiger partial charge in [-0.3, -0.25) is 4.79 Å². The van der Waals surface area contributed by atoms with Gasteiger partial charge in [-0.05, 0) is 86.4 Å². The van der Waals surface area contributed by atoms with Crippen LogP contribution in [0.1, 0.15) is 77.0 Å². The highest BCUT2D eigenvalue weighted by Crippen LogP contribution is 2.57. The van der Waals surface area contributed by atoms with E-state index in [9.17, 15) is 4.79 Å². The Balaban J connectivity index is 0.000000216. The first-order valence-corrected chi connectivity index (χ1v) is 18.1. The third-order valence-corrected chi connectivity index (χ3v) is 14.4. The maximum atomic E-state index is 10.8. The molecule has 3 aromatic rings. The summed E-state index contributed by atoms with van der Waals surface area (Å²) >= 11 is 0. The third kappa shape index (κ3) is 8.46. The number of hydrogen-bond acceptors (Lipinski definition) is 2. The molecule has 0 unspecified atom stereocenters. The molecule has 1 saturated heterocycles. The van der Waals surface area contributed by atoms with Gasteiger partial charge < -0.3 is 22.8 Å². The second-order valence-corrected chi connectivity index (χ2v) is 16.2. The highest BCUT2D eigenvalue weighted by atomic mass is 35.5. The van der Waals surface area contributed by atoms with Crippen LogP contribution in [0.15, 0.2) is 91.0 Å². The molecule has 0 amide bonds. The highest BCUT2D eigenvalue weighted by Gasteiger charge is 2.46. The zero-order valence-electron chi connectivity index (χ0n) is 25.0. The molecule has 226 valence electrons. The Hall–Kier alpha value is -2.19. The second-order valence-electron chi connectivity index (χ2n) is 12.6. The first kappa shape index (κ1) is 32.7. The van der Waals surface area contributed by atoms with Crippen LogP contribution in [0.5, 0.6) is 0 Å². The Morgan fingerprint density at radius 1 is 0.643 bits per heavy atom. The second kappa shape index (κ2) is 16.6. The van der Waals surface area contributed by atoms with Crippen molar-refractivity contribution >= 4 is 29.1 Å². The van der Waals surface area contributed by atoms with Crippen molar-refractivity contribution in [3.8, 4) is 0 Å². The average molecular weight is 606 g/mol. The van der Waals surface area contributed by atoms with Gasteiger partial charge in [0.25, 0.3) is 0 Å². The highest BCUT2D eigenvalue weighted by molar-refractivity contribution is 7.95. The van der Waals surface area contributed by atoms with E-state index in [0.29, 0.717) is 5.92 Å². The van der Waals surface area contributed by atoms with Crippen molar-refractivity contribution in [1.82, 2.24) is 5.32 Å². The van der Waals surface area contributed by atoms with Crippen LogP contribution in [0.25, 0.3) is 0 Å². The lowest BCUT2D eigenvalue weighted by Crippen LogP contribution is -3.00. The Kier molecular flexibility index (Phi) is 12.9. The number of aliphatic carboxylic acids is 1. The fourth-order valence-corrected chi connectivity index (χ4v) is 12.3. The molecule has 0 bridgehead atoms. The molecule has 2 saturated carbocycles. The standard InChI is InChI=1S/C25H28P.C12H21NO2.ClH/c1-5-13-22(14-6-1)21-26(23-15-7-2-8-16-23,24-17-9-3-10-18-24)25-19-11-4-12-20-25;14-12(15)11-7-10(8-13-11)6-9-4-2-1-3-5-9;/h2-4,7-12,15-20,22H,1,5-6,13-14,21H2;9-11,13H,1-8H2,(H,14,15);1H/q+1;;/p-1/t;10-,11-;/m.0./s1. The van der Waals surface area contributed by atoms with Gasteiger partial charge >= 0.3 is 5.97 Å². The summed E-state index contributed by atoms with van der Waals surface area (Å²) in [4.78, 5) is 10.8. The van der Waals surface area contributed by atoms with Crippen molar-refractivity contribution < 1.29 is 22.3 Å². The monoisotopic (exact) mass is 605 g/mol. The molecular weight excluding hydrogens is 557 g/mol. The van der Waals surface area contributed by atoms with Gasteiger partial charge in [0, 0.05) is 0 Å². The molecule has 3 fully saturated rings. The van der Waals surface area contributed by atoms with Gasteiger partial charge in [-0.15, -0.1) is 0 Å². The van der Waals surface area contributed by atoms with E-state index in [4.69, 9.17) is 5.11 Å². The van der Waals surface area contributed by atoms with Crippen molar-refractivity contribution in [2.75, 3.05) is 12.7 Å². The maximum absolute atomic E-state index is 10.8. The molecule has 3 nitrogen and oxygen atoms in total. The normalized spacial score (nSPS) is 21.5. The zero-order valence-corrected chi connectivity index (χ0v) is 26.7. The Morgan fingerprint density at radius 3 is 1.48 bits per heavy atom. The van der Waals surface area contributed by atoms with Crippen LogP contribution >= 0.6 is 7.26 Å². The SMILES string of the molecule is O=C(O)[C@@H]1C[C@H](CC2CCCCC2)CN1.[Cl-].c1ccc([P+](CC2CCCCC2)(c2ccccc2)c2ccccc2)cc1. The predicted molar refractivity (Wildman–Crippen MR) is 175 cm³/mol. The summed E-state index contributed by atoms with van der Waals surface area (Å²) in [5.41, 5.74) is 0. The van der Waals surface area contributed by atoms with Gasteiger partial charge in [-0.25, -0.2) is 0 Å². The summed E-state index contributed by atoms with van der Waals surface area (Å²) in [7, 11) is -1.62.